The molecule has 0 bridgehead atoms. The van der Waals surface area contributed by atoms with E-state index in [1.807, 2.05) is 26.0 Å². The maximum atomic E-state index is 14.0. The van der Waals surface area contributed by atoms with Crippen molar-refractivity contribution >= 4 is 29.2 Å². The normalized spacial score (nSPS) is 27.0. The Balaban J connectivity index is 1.89. The number of carbonyl (C=O) groups is 3. The minimum absolute atomic E-state index is 0.0167. The minimum Gasteiger partial charge on any atom is -0.479 e. The van der Waals surface area contributed by atoms with E-state index in [1.54, 1.807) is 23.7 Å². The highest BCUT2D eigenvalue weighted by molar-refractivity contribution is 7.09. The molecule has 8 heteroatoms. The standard InChI is InChI=1S/C25H30N2O5S/c1-14(2)12-25(23(30)31)17-13-32-22(29)18(17)19(20-26-10-11-33-20)27(25)21(28)15-6-8-16(9-7-15)24(3,4)5/h6-11,14,17-19H,12-13H2,1-5H3,(H,30,31)/t17?,18-,19+,25-/m0/s1. The van der Waals surface area contributed by atoms with Crippen molar-refractivity contribution in [2.75, 3.05) is 6.61 Å². The maximum absolute atomic E-state index is 14.0. The van der Waals surface area contributed by atoms with Gasteiger partial charge in [-0.15, -0.1) is 11.3 Å². The van der Waals surface area contributed by atoms with E-state index in [0.29, 0.717) is 10.6 Å². The van der Waals surface area contributed by atoms with Gasteiger partial charge in [-0.25, -0.2) is 9.78 Å². The smallest absolute Gasteiger partial charge is 0.330 e. The van der Waals surface area contributed by atoms with Crippen molar-refractivity contribution in [3.8, 4) is 0 Å². The molecule has 33 heavy (non-hydrogen) atoms. The van der Waals surface area contributed by atoms with E-state index in [4.69, 9.17) is 4.74 Å². The van der Waals surface area contributed by atoms with E-state index in [9.17, 15) is 19.5 Å². The van der Waals surface area contributed by atoms with Crippen molar-refractivity contribution in [1.82, 2.24) is 9.88 Å². The molecule has 4 rings (SSSR count). The van der Waals surface area contributed by atoms with Crippen molar-refractivity contribution in [2.24, 2.45) is 17.8 Å². The number of carbonyl (C=O) groups excluding carboxylic acids is 2. The Bertz CT molecular complexity index is 1060. The Morgan fingerprint density at radius 1 is 1.27 bits per heavy atom. The van der Waals surface area contributed by atoms with Crippen LogP contribution in [0.2, 0.25) is 0 Å². The van der Waals surface area contributed by atoms with E-state index in [2.05, 4.69) is 25.8 Å². The molecule has 1 N–H and O–H groups in total. The number of nitrogens with zero attached hydrogens (tertiary/aromatic N) is 2. The van der Waals surface area contributed by atoms with E-state index < -0.39 is 41.3 Å². The summed E-state index contributed by atoms with van der Waals surface area (Å²) in [6, 6.07) is 6.52. The highest BCUT2D eigenvalue weighted by Crippen LogP contribution is 2.56. The molecule has 1 aromatic carbocycles. The number of thiazole rings is 1. The van der Waals surface area contributed by atoms with Crippen LogP contribution >= 0.6 is 11.3 Å². The third-order valence-electron chi connectivity index (χ3n) is 6.78. The summed E-state index contributed by atoms with van der Waals surface area (Å²) in [4.78, 5) is 45.7. The van der Waals surface area contributed by atoms with Gasteiger partial charge in [0.1, 0.15) is 10.5 Å². The Hall–Kier alpha value is -2.74. The summed E-state index contributed by atoms with van der Waals surface area (Å²) in [5.41, 5.74) is -0.181. The third-order valence-corrected chi connectivity index (χ3v) is 7.63. The molecule has 2 aromatic rings. The van der Waals surface area contributed by atoms with Gasteiger partial charge in [0.15, 0.2) is 0 Å². The molecule has 0 aliphatic carbocycles. The number of ether oxygens (including phenoxy) is 1. The van der Waals surface area contributed by atoms with Crippen molar-refractivity contribution in [3.63, 3.8) is 0 Å². The van der Waals surface area contributed by atoms with Gasteiger partial charge in [0.25, 0.3) is 5.91 Å². The lowest BCUT2D eigenvalue weighted by Gasteiger charge is -2.41. The van der Waals surface area contributed by atoms with Crippen molar-refractivity contribution < 1.29 is 24.2 Å². The lowest BCUT2D eigenvalue weighted by molar-refractivity contribution is -0.154. The fourth-order valence-corrected chi connectivity index (χ4v) is 6.11. The highest BCUT2D eigenvalue weighted by atomic mass is 32.1. The average molecular weight is 471 g/mol. The molecule has 0 spiro atoms. The number of hydrogen-bond donors (Lipinski definition) is 1. The van der Waals surface area contributed by atoms with Gasteiger partial charge in [-0.1, -0.05) is 46.8 Å². The number of carboxylic acids is 1. The van der Waals surface area contributed by atoms with Crippen LogP contribution in [0.3, 0.4) is 0 Å². The van der Waals surface area contributed by atoms with Gasteiger partial charge < -0.3 is 14.7 Å². The van der Waals surface area contributed by atoms with Crippen LogP contribution in [-0.2, 0) is 19.7 Å². The summed E-state index contributed by atoms with van der Waals surface area (Å²) in [6.07, 6.45) is 1.83. The zero-order chi connectivity index (χ0) is 24.1. The zero-order valence-corrected chi connectivity index (χ0v) is 20.4. The number of benzene rings is 1. The summed E-state index contributed by atoms with van der Waals surface area (Å²) < 4.78 is 5.36. The Kier molecular flexibility index (Phi) is 5.85. The summed E-state index contributed by atoms with van der Waals surface area (Å²) >= 11 is 1.32. The molecule has 2 saturated heterocycles. The van der Waals surface area contributed by atoms with Crippen molar-refractivity contribution in [2.45, 2.75) is 58.0 Å². The lowest BCUT2D eigenvalue weighted by atomic mass is 9.75. The van der Waals surface area contributed by atoms with E-state index in [0.717, 1.165) is 5.56 Å². The van der Waals surface area contributed by atoms with Crippen LogP contribution < -0.4 is 0 Å². The molecule has 7 nitrogen and oxygen atoms in total. The number of aromatic nitrogens is 1. The predicted molar refractivity (Wildman–Crippen MR) is 124 cm³/mol. The van der Waals surface area contributed by atoms with Crippen LogP contribution in [0.1, 0.15) is 68.0 Å². The number of likely N-dealkylation sites (tertiary alicyclic amines) is 1. The topological polar surface area (TPSA) is 96.8 Å². The fourth-order valence-electron chi connectivity index (χ4n) is 5.33. The average Bonchev–Trinajstić information content (AvgIpc) is 3.44. The predicted octanol–water partition coefficient (Wildman–Crippen LogP) is 4.30. The molecule has 2 fully saturated rings. The first-order valence-electron chi connectivity index (χ1n) is 11.2. The maximum Gasteiger partial charge on any atom is 0.330 e. The molecule has 0 radical (unpaired) electrons. The first kappa shape index (κ1) is 23.4. The quantitative estimate of drug-likeness (QED) is 0.655. The van der Waals surface area contributed by atoms with Crippen molar-refractivity contribution in [1.29, 1.82) is 0 Å². The molecule has 1 amide bonds. The van der Waals surface area contributed by atoms with Gasteiger partial charge >= 0.3 is 11.9 Å². The molecule has 2 aliphatic rings. The second-order valence-corrected chi connectivity index (χ2v) is 11.3. The number of aliphatic carboxylic acids is 1. The number of cyclic esters (lactones) is 1. The van der Waals surface area contributed by atoms with Crippen LogP contribution in [0.5, 0.6) is 0 Å². The van der Waals surface area contributed by atoms with Gasteiger partial charge in [0.2, 0.25) is 0 Å². The number of rotatable bonds is 5. The summed E-state index contributed by atoms with van der Waals surface area (Å²) in [7, 11) is 0. The van der Waals surface area contributed by atoms with Crippen LogP contribution in [0, 0.1) is 17.8 Å². The van der Waals surface area contributed by atoms with Crippen LogP contribution in [0.15, 0.2) is 35.8 Å². The van der Waals surface area contributed by atoms with Crippen LogP contribution in [0.4, 0.5) is 0 Å². The van der Waals surface area contributed by atoms with E-state index in [1.165, 1.54) is 16.2 Å². The monoisotopic (exact) mass is 470 g/mol. The van der Waals surface area contributed by atoms with Gasteiger partial charge in [-0.05, 0) is 35.4 Å². The Labute approximate surface area is 197 Å². The minimum atomic E-state index is -1.57. The summed E-state index contributed by atoms with van der Waals surface area (Å²) in [5.74, 6) is -3.40. The largest absolute Gasteiger partial charge is 0.479 e. The number of amides is 1. The van der Waals surface area contributed by atoms with Crippen molar-refractivity contribution in [3.05, 3.63) is 52.0 Å². The number of fused-ring (bicyclic) bond motifs is 1. The number of carboxylic acid groups (broad SMARTS) is 1. The Morgan fingerprint density at radius 2 is 1.94 bits per heavy atom. The molecule has 4 atom stereocenters. The third kappa shape index (κ3) is 3.74. The van der Waals surface area contributed by atoms with E-state index in [-0.39, 0.29) is 24.4 Å². The Morgan fingerprint density at radius 3 is 2.45 bits per heavy atom. The number of esters is 1. The van der Waals surface area contributed by atoms with E-state index >= 15 is 0 Å². The van der Waals surface area contributed by atoms with Gasteiger partial charge in [0.05, 0.1) is 18.6 Å². The second-order valence-electron chi connectivity index (χ2n) is 10.4. The molecule has 2 aliphatic heterocycles. The highest BCUT2D eigenvalue weighted by Gasteiger charge is 2.70. The molecular formula is C25H30N2O5S. The molecule has 1 aromatic heterocycles. The molecular weight excluding hydrogens is 440 g/mol. The zero-order valence-electron chi connectivity index (χ0n) is 19.6. The molecule has 3 heterocycles. The molecule has 0 saturated carbocycles. The fraction of sp³-hybridized carbons (Fsp3) is 0.520. The van der Waals surface area contributed by atoms with Gasteiger partial charge in [0, 0.05) is 23.1 Å². The van der Waals surface area contributed by atoms with Crippen LogP contribution in [0.25, 0.3) is 0 Å². The van der Waals surface area contributed by atoms with Gasteiger partial charge in [-0.2, -0.15) is 0 Å². The lowest BCUT2D eigenvalue weighted by Crippen LogP contribution is -2.58. The van der Waals surface area contributed by atoms with Crippen LogP contribution in [-0.4, -0.2) is 45.0 Å². The molecule has 176 valence electrons. The number of hydrogen-bond acceptors (Lipinski definition) is 6. The summed E-state index contributed by atoms with van der Waals surface area (Å²) in [6.45, 7) is 10.1. The molecule has 1 unspecified atom stereocenters. The first-order chi connectivity index (χ1) is 15.5. The van der Waals surface area contributed by atoms with Gasteiger partial charge in [-0.3, -0.25) is 9.59 Å². The SMILES string of the molecule is CC(C)C[C@@]1(C(=O)O)C2COC(=O)[C@@H]2[C@H](c2nccs2)N1C(=O)c1ccc(C(C)(C)C)cc1. The summed E-state index contributed by atoms with van der Waals surface area (Å²) in [5, 5.41) is 12.9. The first-order valence-corrected chi connectivity index (χ1v) is 12.1. The second kappa shape index (κ2) is 8.24.